The molecule has 0 radical (unpaired) electrons. The minimum absolute atomic E-state index is 0.00146. The molecule has 0 atom stereocenters. The third-order valence-corrected chi connectivity index (χ3v) is 7.83. The van der Waals surface area contributed by atoms with Gasteiger partial charge in [-0.25, -0.2) is 0 Å². The summed E-state index contributed by atoms with van der Waals surface area (Å²) in [6.45, 7) is -0.0615. The van der Waals surface area contributed by atoms with Crippen molar-refractivity contribution in [3.8, 4) is 11.5 Å². The van der Waals surface area contributed by atoms with E-state index in [1.807, 2.05) is 0 Å². The summed E-state index contributed by atoms with van der Waals surface area (Å²) in [5.74, 6) is -0.378. The lowest BCUT2D eigenvalue weighted by Gasteiger charge is -2.14. The summed E-state index contributed by atoms with van der Waals surface area (Å²) in [5, 5.41) is 0.246. The van der Waals surface area contributed by atoms with E-state index in [2.05, 4.69) is 0 Å². The lowest BCUT2D eigenvalue weighted by Crippen LogP contribution is -2.27. The molecule has 1 heterocycles. The number of nitrogens with zero attached hydrogens (tertiary/aromatic N) is 1. The molecule has 35 heavy (non-hydrogen) atoms. The summed E-state index contributed by atoms with van der Waals surface area (Å²) in [7, 11) is -2.70. The fourth-order valence-corrected chi connectivity index (χ4v) is 5.54. The van der Waals surface area contributed by atoms with Crippen LogP contribution in [0.5, 0.6) is 11.5 Å². The molecule has 2 amide bonds. The minimum atomic E-state index is -4.07. The van der Waals surface area contributed by atoms with Crippen LogP contribution >= 0.6 is 35.0 Å². The number of ether oxygens (including phenoxy) is 1. The molecule has 3 aromatic rings. The average Bonchev–Trinajstić information content (AvgIpc) is 3.09. The molecule has 7 nitrogen and oxygen atoms in total. The molecule has 1 saturated heterocycles. The molecule has 11 heteroatoms. The predicted octanol–water partition coefficient (Wildman–Crippen LogP) is 6.01. The number of methoxy groups -OCH3 is 1. The molecule has 0 aliphatic carbocycles. The number of rotatable bonds is 7. The highest BCUT2D eigenvalue weighted by atomic mass is 35.5. The zero-order valence-corrected chi connectivity index (χ0v) is 21.2. The Morgan fingerprint density at radius 2 is 1.63 bits per heavy atom. The van der Waals surface area contributed by atoms with Gasteiger partial charge in [0.2, 0.25) is 0 Å². The number of thioether (sulfide) groups is 1. The number of hydrogen-bond acceptors (Lipinski definition) is 7. The third-order valence-electron chi connectivity index (χ3n) is 4.97. The van der Waals surface area contributed by atoms with E-state index in [0.717, 1.165) is 16.7 Å². The first-order valence-corrected chi connectivity index (χ1v) is 13.0. The molecule has 0 N–H and O–H groups in total. The van der Waals surface area contributed by atoms with Crippen molar-refractivity contribution in [3.63, 3.8) is 0 Å². The van der Waals surface area contributed by atoms with E-state index in [-0.39, 0.29) is 27.8 Å². The minimum Gasteiger partial charge on any atom is -0.493 e. The van der Waals surface area contributed by atoms with E-state index < -0.39 is 21.3 Å². The van der Waals surface area contributed by atoms with Crippen molar-refractivity contribution >= 4 is 62.3 Å². The number of imide groups is 1. The Bertz CT molecular complexity index is 1420. The summed E-state index contributed by atoms with van der Waals surface area (Å²) in [4.78, 5) is 26.7. The van der Waals surface area contributed by atoms with Crippen LogP contribution in [-0.2, 0) is 21.5 Å². The van der Waals surface area contributed by atoms with Crippen molar-refractivity contribution in [1.29, 1.82) is 0 Å². The van der Waals surface area contributed by atoms with Crippen molar-refractivity contribution in [2.75, 3.05) is 7.11 Å². The van der Waals surface area contributed by atoms with Gasteiger partial charge < -0.3 is 8.92 Å². The van der Waals surface area contributed by atoms with E-state index in [4.69, 9.17) is 32.1 Å². The number of hydrogen-bond donors (Lipinski definition) is 0. The number of halogens is 2. The maximum atomic E-state index is 12.9. The Labute approximate surface area is 216 Å². The molecule has 0 saturated carbocycles. The van der Waals surface area contributed by atoms with Gasteiger partial charge in [0, 0.05) is 15.6 Å². The molecule has 0 spiro atoms. The first-order valence-electron chi connectivity index (χ1n) is 10.1. The Kier molecular flexibility index (Phi) is 7.42. The van der Waals surface area contributed by atoms with Gasteiger partial charge in [0.15, 0.2) is 11.5 Å². The summed E-state index contributed by atoms with van der Waals surface area (Å²) < 4.78 is 35.6. The van der Waals surface area contributed by atoms with Gasteiger partial charge in [0.25, 0.3) is 11.1 Å². The molecule has 180 valence electrons. The van der Waals surface area contributed by atoms with Crippen LogP contribution in [0.1, 0.15) is 11.1 Å². The number of amides is 2. The maximum Gasteiger partial charge on any atom is 0.339 e. The smallest absolute Gasteiger partial charge is 0.339 e. The van der Waals surface area contributed by atoms with Gasteiger partial charge in [0.1, 0.15) is 4.90 Å². The first-order chi connectivity index (χ1) is 16.7. The number of carbonyl (C=O) groups excluding carboxylic acids is 2. The molecular formula is C24H17Cl2NO6S2. The summed E-state index contributed by atoms with van der Waals surface area (Å²) in [6.07, 6.45) is 1.51. The van der Waals surface area contributed by atoms with Crippen LogP contribution in [0.2, 0.25) is 10.0 Å². The second kappa shape index (κ2) is 10.3. The quantitative estimate of drug-likeness (QED) is 0.263. The van der Waals surface area contributed by atoms with E-state index in [1.165, 1.54) is 37.5 Å². The van der Waals surface area contributed by atoms with Crippen molar-refractivity contribution < 1.29 is 26.9 Å². The number of benzene rings is 3. The maximum absolute atomic E-state index is 12.9. The highest BCUT2D eigenvalue weighted by Crippen LogP contribution is 2.37. The largest absolute Gasteiger partial charge is 0.493 e. The van der Waals surface area contributed by atoms with Crippen LogP contribution in [0.15, 0.2) is 76.5 Å². The van der Waals surface area contributed by atoms with Gasteiger partial charge in [-0.15, -0.1) is 0 Å². The topological polar surface area (TPSA) is 90.0 Å². The molecule has 0 bridgehead atoms. The zero-order chi connectivity index (χ0) is 25.2. The van der Waals surface area contributed by atoms with Crippen molar-refractivity contribution in [1.82, 2.24) is 4.90 Å². The van der Waals surface area contributed by atoms with Crippen LogP contribution in [0, 0.1) is 0 Å². The molecule has 1 aliphatic rings. The summed E-state index contributed by atoms with van der Waals surface area (Å²) >= 11 is 13.1. The van der Waals surface area contributed by atoms with Crippen LogP contribution < -0.4 is 8.92 Å². The molecule has 3 aromatic carbocycles. The molecular weight excluding hydrogens is 533 g/mol. The molecule has 0 unspecified atom stereocenters. The average molecular weight is 550 g/mol. The monoisotopic (exact) mass is 549 g/mol. The van der Waals surface area contributed by atoms with E-state index in [0.29, 0.717) is 21.2 Å². The lowest BCUT2D eigenvalue weighted by atomic mass is 10.1. The Balaban J connectivity index is 1.57. The Hall–Kier alpha value is -2.98. The van der Waals surface area contributed by atoms with Crippen molar-refractivity contribution in [2.45, 2.75) is 11.4 Å². The number of carbonyl (C=O) groups is 2. The second-order valence-electron chi connectivity index (χ2n) is 7.23. The fourth-order valence-electron chi connectivity index (χ4n) is 3.23. The van der Waals surface area contributed by atoms with E-state index in [1.54, 1.807) is 42.5 Å². The van der Waals surface area contributed by atoms with Crippen LogP contribution in [-0.4, -0.2) is 31.6 Å². The highest BCUT2D eigenvalue weighted by Gasteiger charge is 2.35. The SMILES string of the molecule is COc1cc(/C=C2\SC(=O)N(Cc3c(Cl)cccc3Cl)C2=O)ccc1OS(=O)(=O)c1ccccc1. The Morgan fingerprint density at radius 1 is 0.943 bits per heavy atom. The van der Waals surface area contributed by atoms with Gasteiger partial charge in [-0.1, -0.05) is 53.5 Å². The van der Waals surface area contributed by atoms with Gasteiger partial charge in [-0.2, -0.15) is 8.42 Å². The predicted molar refractivity (Wildman–Crippen MR) is 135 cm³/mol. The van der Waals surface area contributed by atoms with E-state index in [9.17, 15) is 18.0 Å². The van der Waals surface area contributed by atoms with E-state index >= 15 is 0 Å². The van der Waals surface area contributed by atoms with Crippen molar-refractivity contribution in [2.24, 2.45) is 0 Å². The van der Waals surface area contributed by atoms with Gasteiger partial charge in [-0.3, -0.25) is 14.5 Å². The van der Waals surface area contributed by atoms with Gasteiger partial charge in [-0.05, 0) is 59.8 Å². The Morgan fingerprint density at radius 3 is 2.29 bits per heavy atom. The zero-order valence-electron chi connectivity index (χ0n) is 18.1. The molecule has 1 fully saturated rings. The first kappa shape index (κ1) is 25.1. The summed E-state index contributed by atoms with van der Waals surface area (Å²) in [5.41, 5.74) is 0.981. The van der Waals surface area contributed by atoms with Gasteiger partial charge in [0.05, 0.1) is 18.6 Å². The summed E-state index contributed by atoms with van der Waals surface area (Å²) in [6, 6.07) is 17.1. The van der Waals surface area contributed by atoms with Crippen LogP contribution in [0.25, 0.3) is 6.08 Å². The van der Waals surface area contributed by atoms with Gasteiger partial charge >= 0.3 is 10.1 Å². The molecule has 1 aliphatic heterocycles. The second-order valence-corrected chi connectivity index (χ2v) is 10.6. The normalized spacial score (nSPS) is 15.1. The third kappa shape index (κ3) is 5.48. The lowest BCUT2D eigenvalue weighted by molar-refractivity contribution is -0.123. The molecule has 4 rings (SSSR count). The van der Waals surface area contributed by atoms with Crippen LogP contribution in [0.3, 0.4) is 0 Å². The standard InChI is InChI=1S/C24H17Cl2NO6S2/c1-32-21-12-15(10-11-20(21)33-35(30,31)16-6-3-2-4-7-16)13-22-23(28)27(24(29)34-22)14-17-18(25)8-5-9-19(17)26/h2-13H,14H2,1H3/b22-13-. The highest BCUT2D eigenvalue weighted by molar-refractivity contribution is 8.18. The van der Waals surface area contributed by atoms with Crippen molar-refractivity contribution in [3.05, 3.63) is 92.8 Å². The fraction of sp³-hybridized carbons (Fsp3) is 0.0833. The van der Waals surface area contributed by atoms with Crippen LogP contribution in [0.4, 0.5) is 4.79 Å². The molecule has 0 aromatic heterocycles.